The molecular weight excluding hydrogens is 551 g/mol. The van der Waals surface area contributed by atoms with Gasteiger partial charge in [-0.15, -0.1) is 0 Å². The number of carboxylic acids is 2. The van der Waals surface area contributed by atoms with Gasteiger partial charge >= 0.3 is 18.1 Å². The fourth-order valence-corrected chi connectivity index (χ4v) is 4.27. The number of likely N-dealkylation sites (N-methyl/N-ethyl adjacent to an activating group) is 2. The largest absolute Gasteiger partial charge is 0.490 e. The van der Waals surface area contributed by atoms with Crippen LogP contribution in [0.2, 0.25) is 0 Å². The van der Waals surface area contributed by atoms with Crippen molar-refractivity contribution < 1.29 is 37.8 Å². The number of rotatable bonds is 13. The molecule has 0 aliphatic rings. The zero-order valence-electron chi connectivity index (χ0n) is 23.5. The second kappa shape index (κ2) is 16.9. The molecule has 0 bridgehead atoms. The number of nitrogens with zero attached hydrogens (tertiary/aromatic N) is 2. The molecule has 226 valence electrons. The van der Waals surface area contributed by atoms with Crippen LogP contribution >= 0.6 is 0 Å². The zero-order valence-corrected chi connectivity index (χ0v) is 23.5. The normalized spacial score (nSPS) is 12.5. The van der Waals surface area contributed by atoms with Gasteiger partial charge in [-0.05, 0) is 29.5 Å². The highest BCUT2D eigenvalue weighted by atomic mass is 19.4. The smallest absolute Gasteiger partial charge is 0.481 e. The Morgan fingerprint density at radius 3 is 1.62 bits per heavy atom. The number of hydrogen-bond acceptors (Lipinski definition) is 5. The number of hydrazine groups is 1. The van der Waals surface area contributed by atoms with E-state index in [0.29, 0.717) is 25.9 Å². The maximum Gasteiger partial charge on any atom is 0.490 e. The second-order valence-corrected chi connectivity index (χ2v) is 9.59. The molecule has 0 aliphatic carbocycles. The number of halogens is 3. The maximum absolute atomic E-state index is 13.7. The van der Waals surface area contributed by atoms with Gasteiger partial charge in [-0.3, -0.25) is 15.0 Å². The standard InChI is InChI=1S/C29H35N3O3.C2HF3O2/c1-3-32(30-26(21-28(33)34)19-23-13-7-4-8-14-23)27(20-24-15-9-5-10-16-24)29(35)31(2)22-25-17-11-6-12-18-25;3-2(4,5)1(6)7/h4-18,26-27,30H,3,19-22H2,1-2H3,(H,33,34);(H,6,7)/t26-,27-;/m0./s1. The molecule has 2 atom stereocenters. The molecule has 11 heteroatoms. The molecular formula is C31H36F3N3O5. The molecule has 1 amide bonds. The van der Waals surface area contributed by atoms with Gasteiger partial charge < -0.3 is 15.1 Å². The summed E-state index contributed by atoms with van der Waals surface area (Å²) < 4.78 is 31.7. The molecule has 42 heavy (non-hydrogen) atoms. The number of aliphatic carboxylic acids is 2. The Bertz CT molecular complexity index is 1240. The summed E-state index contributed by atoms with van der Waals surface area (Å²) in [7, 11) is 1.82. The van der Waals surface area contributed by atoms with Crippen LogP contribution in [-0.4, -0.2) is 69.8 Å². The fourth-order valence-electron chi connectivity index (χ4n) is 4.27. The molecule has 0 spiro atoms. The van der Waals surface area contributed by atoms with Crippen molar-refractivity contribution in [3.63, 3.8) is 0 Å². The number of carbonyl (C=O) groups excluding carboxylic acids is 1. The average Bonchev–Trinajstić information content (AvgIpc) is 2.95. The molecule has 0 aromatic heterocycles. The van der Waals surface area contributed by atoms with E-state index in [4.69, 9.17) is 9.90 Å². The first-order chi connectivity index (χ1) is 19.9. The first kappa shape index (κ1) is 34.0. The van der Waals surface area contributed by atoms with E-state index < -0.39 is 24.2 Å². The first-order valence-electron chi connectivity index (χ1n) is 13.3. The van der Waals surface area contributed by atoms with Gasteiger partial charge in [-0.1, -0.05) is 97.9 Å². The third-order valence-corrected chi connectivity index (χ3v) is 6.25. The van der Waals surface area contributed by atoms with Gasteiger partial charge in [0, 0.05) is 26.2 Å². The fraction of sp³-hybridized carbons (Fsp3) is 0.323. The summed E-state index contributed by atoms with van der Waals surface area (Å²) in [6.45, 7) is 3.04. The highest BCUT2D eigenvalue weighted by molar-refractivity contribution is 5.82. The molecule has 8 nitrogen and oxygen atoms in total. The van der Waals surface area contributed by atoms with Crippen LogP contribution in [0.15, 0.2) is 91.0 Å². The van der Waals surface area contributed by atoms with Gasteiger partial charge in [0.1, 0.15) is 6.04 Å². The lowest BCUT2D eigenvalue weighted by molar-refractivity contribution is -0.192. The van der Waals surface area contributed by atoms with E-state index in [1.807, 2.05) is 110 Å². The molecule has 0 unspecified atom stereocenters. The van der Waals surface area contributed by atoms with Crippen molar-refractivity contribution in [2.24, 2.45) is 0 Å². The number of alkyl halides is 3. The molecule has 0 aliphatic heterocycles. The van der Waals surface area contributed by atoms with Crippen molar-refractivity contribution in [3.05, 3.63) is 108 Å². The summed E-state index contributed by atoms with van der Waals surface area (Å²) in [4.78, 5) is 36.0. The highest BCUT2D eigenvalue weighted by Gasteiger charge is 2.38. The number of carbonyl (C=O) groups is 3. The molecule has 3 aromatic rings. The molecule has 0 heterocycles. The number of amides is 1. The van der Waals surface area contributed by atoms with Crippen LogP contribution in [0.4, 0.5) is 13.2 Å². The molecule has 0 saturated heterocycles. The van der Waals surface area contributed by atoms with Crippen molar-refractivity contribution >= 4 is 17.8 Å². The van der Waals surface area contributed by atoms with Crippen LogP contribution in [0.25, 0.3) is 0 Å². The van der Waals surface area contributed by atoms with Gasteiger partial charge in [0.25, 0.3) is 0 Å². The summed E-state index contributed by atoms with van der Waals surface area (Å²) in [5.41, 5.74) is 6.57. The topological polar surface area (TPSA) is 110 Å². The second-order valence-electron chi connectivity index (χ2n) is 9.59. The Labute approximate surface area is 243 Å². The molecule has 0 saturated carbocycles. The number of hydrogen-bond donors (Lipinski definition) is 3. The number of nitrogens with one attached hydrogen (secondary N) is 1. The minimum absolute atomic E-state index is 0.0131. The summed E-state index contributed by atoms with van der Waals surface area (Å²) in [6.07, 6.45) is -4.06. The lowest BCUT2D eigenvalue weighted by Gasteiger charge is -2.36. The van der Waals surface area contributed by atoms with E-state index in [1.165, 1.54) is 0 Å². The average molecular weight is 588 g/mol. The third-order valence-electron chi connectivity index (χ3n) is 6.25. The van der Waals surface area contributed by atoms with Crippen molar-refractivity contribution in [1.29, 1.82) is 0 Å². The lowest BCUT2D eigenvalue weighted by atomic mass is 10.0. The van der Waals surface area contributed by atoms with E-state index in [9.17, 15) is 27.9 Å². The van der Waals surface area contributed by atoms with Crippen LogP contribution in [0, 0.1) is 0 Å². The van der Waals surface area contributed by atoms with Gasteiger partial charge in [-0.2, -0.15) is 13.2 Å². The summed E-state index contributed by atoms with van der Waals surface area (Å²) >= 11 is 0. The molecule has 3 aromatic carbocycles. The van der Waals surface area contributed by atoms with Crippen LogP contribution in [0.5, 0.6) is 0 Å². The maximum atomic E-state index is 13.7. The van der Waals surface area contributed by atoms with Crippen molar-refractivity contribution in [3.8, 4) is 0 Å². The Kier molecular flexibility index (Phi) is 13.7. The monoisotopic (exact) mass is 587 g/mol. The quantitative estimate of drug-likeness (QED) is 0.247. The minimum atomic E-state index is -5.08. The number of carboxylic acid groups (broad SMARTS) is 2. The van der Waals surface area contributed by atoms with Gasteiger partial charge in [-0.25, -0.2) is 9.80 Å². The summed E-state index contributed by atoms with van der Waals surface area (Å²) in [5.74, 6) is -3.64. The number of benzene rings is 3. The van der Waals surface area contributed by atoms with Crippen LogP contribution in [0.1, 0.15) is 30.0 Å². The van der Waals surface area contributed by atoms with E-state index in [2.05, 4.69) is 5.43 Å². The van der Waals surface area contributed by atoms with Crippen molar-refractivity contribution in [2.75, 3.05) is 13.6 Å². The Balaban J connectivity index is 0.000000782. The van der Waals surface area contributed by atoms with Crippen LogP contribution < -0.4 is 5.43 Å². The predicted octanol–water partition coefficient (Wildman–Crippen LogP) is 4.80. The van der Waals surface area contributed by atoms with Crippen LogP contribution in [0.3, 0.4) is 0 Å². The minimum Gasteiger partial charge on any atom is -0.481 e. The first-order valence-corrected chi connectivity index (χ1v) is 13.3. The van der Waals surface area contributed by atoms with Crippen LogP contribution in [-0.2, 0) is 33.8 Å². The van der Waals surface area contributed by atoms with E-state index in [0.717, 1.165) is 16.7 Å². The highest BCUT2D eigenvalue weighted by Crippen LogP contribution is 2.15. The zero-order chi connectivity index (χ0) is 31.1. The molecule has 0 fully saturated rings. The summed E-state index contributed by atoms with van der Waals surface area (Å²) in [6, 6.07) is 28.8. The summed E-state index contributed by atoms with van der Waals surface area (Å²) in [5, 5.41) is 18.6. The van der Waals surface area contributed by atoms with E-state index >= 15 is 0 Å². The Morgan fingerprint density at radius 2 is 1.21 bits per heavy atom. The van der Waals surface area contributed by atoms with Gasteiger partial charge in [0.05, 0.1) is 6.42 Å². The SMILES string of the molecule is CCN(N[C@H](CC(=O)O)Cc1ccccc1)[C@@H](Cc1ccccc1)C(=O)N(C)Cc1ccccc1.O=C(O)C(F)(F)F. The third kappa shape index (κ3) is 12.1. The van der Waals surface area contributed by atoms with Gasteiger partial charge in [0.15, 0.2) is 0 Å². The molecule has 3 N–H and O–H groups in total. The Hall–Kier alpha value is -4.22. The van der Waals surface area contributed by atoms with Crippen molar-refractivity contribution in [2.45, 2.75) is 51.0 Å². The van der Waals surface area contributed by atoms with Gasteiger partial charge in [0.2, 0.25) is 5.91 Å². The van der Waals surface area contributed by atoms with Crippen molar-refractivity contribution in [1.82, 2.24) is 15.3 Å². The molecule has 3 rings (SSSR count). The van der Waals surface area contributed by atoms with E-state index in [-0.39, 0.29) is 18.4 Å². The predicted molar refractivity (Wildman–Crippen MR) is 152 cm³/mol. The molecule has 0 radical (unpaired) electrons. The van der Waals surface area contributed by atoms with E-state index in [1.54, 1.807) is 4.90 Å². The lowest BCUT2D eigenvalue weighted by Crippen LogP contribution is -2.57. The Morgan fingerprint density at radius 1 is 0.786 bits per heavy atom.